The molecule has 102 valence electrons. The number of fused-ring (bicyclic) bond motifs is 1. The fourth-order valence-corrected chi connectivity index (χ4v) is 3.00. The van der Waals surface area contributed by atoms with E-state index >= 15 is 0 Å². The van der Waals surface area contributed by atoms with Gasteiger partial charge in [-0.2, -0.15) is 0 Å². The SMILES string of the molecule is O=C(O)c1ccc2c(c1)CN(CC1CCOC1)CC2. The van der Waals surface area contributed by atoms with Gasteiger partial charge in [-0.15, -0.1) is 0 Å². The molecule has 0 aliphatic carbocycles. The van der Waals surface area contributed by atoms with Gasteiger partial charge in [0.15, 0.2) is 0 Å². The lowest BCUT2D eigenvalue weighted by Gasteiger charge is -2.30. The molecule has 0 amide bonds. The van der Waals surface area contributed by atoms with E-state index < -0.39 is 5.97 Å². The summed E-state index contributed by atoms with van der Waals surface area (Å²) in [5, 5.41) is 9.05. The van der Waals surface area contributed by atoms with Gasteiger partial charge in [-0.1, -0.05) is 6.07 Å². The molecular formula is C15H19NO3. The number of benzene rings is 1. The Balaban J connectivity index is 1.70. The number of aromatic carboxylic acids is 1. The minimum atomic E-state index is -0.843. The zero-order chi connectivity index (χ0) is 13.2. The molecule has 0 saturated carbocycles. The van der Waals surface area contributed by atoms with Crippen LogP contribution in [0.3, 0.4) is 0 Å². The lowest BCUT2D eigenvalue weighted by molar-refractivity contribution is 0.0696. The molecule has 1 aromatic rings. The summed E-state index contributed by atoms with van der Waals surface area (Å²) in [5.74, 6) is -0.201. The number of rotatable bonds is 3. The smallest absolute Gasteiger partial charge is 0.335 e. The highest BCUT2D eigenvalue weighted by molar-refractivity contribution is 5.87. The summed E-state index contributed by atoms with van der Waals surface area (Å²) in [6.45, 7) is 4.76. The van der Waals surface area contributed by atoms with Gasteiger partial charge in [0.05, 0.1) is 12.2 Å². The van der Waals surface area contributed by atoms with Gasteiger partial charge in [0.1, 0.15) is 0 Å². The van der Waals surface area contributed by atoms with E-state index in [0.29, 0.717) is 11.5 Å². The van der Waals surface area contributed by atoms with Crippen LogP contribution in [0.2, 0.25) is 0 Å². The lowest BCUT2D eigenvalue weighted by atomic mass is 9.96. The Morgan fingerprint density at radius 2 is 2.32 bits per heavy atom. The monoisotopic (exact) mass is 261 g/mol. The second kappa shape index (κ2) is 5.31. The maximum Gasteiger partial charge on any atom is 0.335 e. The van der Waals surface area contributed by atoms with Gasteiger partial charge >= 0.3 is 5.97 Å². The number of ether oxygens (including phenoxy) is 1. The zero-order valence-electron chi connectivity index (χ0n) is 11.0. The summed E-state index contributed by atoms with van der Waals surface area (Å²) in [6.07, 6.45) is 2.17. The van der Waals surface area contributed by atoms with Crippen molar-refractivity contribution in [3.05, 3.63) is 34.9 Å². The molecule has 0 spiro atoms. The average Bonchev–Trinajstić information content (AvgIpc) is 2.90. The first-order valence-corrected chi connectivity index (χ1v) is 6.87. The normalized spacial score (nSPS) is 23.3. The van der Waals surface area contributed by atoms with Crippen LogP contribution in [0.1, 0.15) is 27.9 Å². The van der Waals surface area contributed by atoms with Crippen LogP contribution < -0.4 is 0 Å². The van der Waals surface area contributed by atoms with Crippen LogP contribution in [-0.2, 0) is 17.7 Å². The third kappa shape index (κ3) is 2.80. The van der Waals surface area contributed by atoms with Crippen molar-refractivity contribution in [1.29, 1.82) is 0 Å². The molecule has 1 atom stereocenters. The van der Waals surface area contributed by atoms with Crippen LogP contribution in [0.25, 0.3) is 0 Å². The number of carboxylic acids is 1. The molecule has 3 rings (SSSR count). The number of carboxylic acid groups (broad SMARTS) is 1. The van der Waals surface area contributed by atoms with E-state index in [1.165, 1.54) is 11.1 Å². The Morgan fingerprint density at radius 1 is 1.42 bits per heavy atom. The van der Waals surface area contributed by atoms with E-state index in [0.717, 1.165) is 45.7 Å². The summed E-state index contributed by atoms with van der Waals surface area (Å²) in [5.41, 5.74) is 2.86. The zero-order valence-corrected chi connectivity index (χ0v) is 11.0. The van der Waals surface area contributed by atoms with E-state index in [1.807, 2.05) is 12.1 Å². The fourth-order valence-electron chi connectivity index (χ4n) is 3.00. The number of hydrogen-bond acceptors (Lipinski definition) is 3. The van der Waals surface area contributed by atoms with Crippen LogP contribution >= 0.6 is 0 Å². The second-order valence-electron chi connectivity index (χ2n) is 5.50. The standard InChI is InChI=1S/C15H19NO3/c17-15(18)13-2-1-12-3-5-16(9-14(12)7-13)8-11-4-6-19-10-11/h1-2,7,11H,3-6,8-10H2,(H,17,18). The summed E-state index contributed by atoms with van der Waals surface area (Å²) < 4.78 is 5.41. The number of nitrogens with zero attached hydrogens (tertiary/aromatic N) is 1. The molecule has 1 fully saturated rings. The van der Waals surface area contributed by atoms with Crippen molar-refractivity contribution in [2.24, 2.45) is 5.92 Å². The van der Waals surface area contributed by atoms with Gasteiger partial charge in [0.25, 0.3) is 0 Å². The third-order valence-electron chi connectivity index (χ3n) is 4.08. The first-order valence-electron chi connectivity index (χ1n) is 6.87. The van der Waals surface area contributed by atoms with Gasteiger partial charge in [-0.25, -0.2) is 4.79 Å². The summed E-state index contributed by atoms with van der Waals surface area (Å²) >= 11 is 0. The maximum atomic E-state index is 11.0. The Bertz CT molecular complexity index is 480. The van der Waals surface area contributed by atoms with Gasteiger partial charge in [-0.05, 0) is 42.0 Å². The van der Waals surface area contributed by atoms with Gasteiger partial charge in [0, 0.05) is 26.2 Å². The molecular weight excluding hydrogens is 242 g/mol. The molecule has 0 aromatic heterocycles. The maximum absolute atomic E-state index is 11.0. The predicted molar refractivity (Wildman–Crippen MR) is 71.3 cm³/mol. The molecule has 2 aliphatic heterocycles. The molecule has 1 aromatic carbocycles. The minimum absolute atomic E-state index is 0.393. The first kappa shape index (κ1) is 12.6. The Morgan fingerprint density at radius 3 is 3.05 bits per heavy atom. The largest absolute Gasteiger partial charge is 0.478 e. The highest BCUT2D eigenvalue weighted by Gasteiger charge is 2.23. The molecule has 1 unspecified atom stereocenters. The van der Waals surface area contributed by atoms with Crippen molar-refractivity contribution >= 4 is 5.97 Å². The number of carbonyl (C=O) groups is 1. The van der Waals surface area contributed by atoms with Gasteiger partial charge in [0.2, 0.25) is 0 Å². The summed E-state index contributed by atoms with van der Waals surface area (Å²) in [4.78, 5) is 13.4. The predicted octanol–water partition coefficient (Wildman–Crippen LogP) is 1.78. The van der Waals surface area contributed by atoms with Crippen LogP contribution in [0.4, 0.5) is 0 Å². The molecule has 1 saturated heterocycles. The molecule has 2 heterocycles. The Hall–Kier alpha value is -1.39. The van der Waals surface area contributed by atoms with Crippen molar-refractivity contribution in [3.63, 3.8) is 0 Å². The van der Waals surface area contributed by atoms with Crippen LogP contribution in [0.5, 0.6) is 0 Å². The molecule has 0 radical (unpaired) electrons. The molecule has 2 aliphatic rings. The topological polar surface area (TPSA) is 49.8 Å². The van der Waals surface area contributed by atoms with Crippen LogP contribution in [0.15, 0.2) is 18.2 Å². The first-order chi connectivity index (χ1) is 9.22. The van der Waals surface area contributed by atoms with Crippen molar-refractivity contribution in [1.82, 2.24) is 4.90 Å². The van der Waals surface area contributed by atoms with Gasteiger partial charge < -0.3 is 9.84 Å². The summed E-state index contributed by atoms with van der Waals surface area (Å²) in [7, 11) is 0. The van der Waals surface area contributed by atoms with Crippen molar-refractivity contribution in [3.8, 4) is 0 Å². The quantitative estimate of drug-likeness (QED) is 0.901. The van der Waals surface area contributed by atoms with Crippen molar-refractivity contribution in [2.45, 2.75) is 19.4 Å². The van der Waals surface area contributed by atoms with E-state index in [9.17, 15) is 4.79 Å². The molecule has 1 N–H and O–H groups in total. The summed E-state index contributed by atoms with van der Waals surface area (Å²) in [6, 6.07) is 5.51. The molecule has 0 bridgehead atoms. The molecule has 4 heteroatoms. The van der Waals surface area contributed by atoms with E-state index in [-0.39, 0.29) is 0 Å². The van der Waals surface area contributed by atoms with Crippen molar-refractivity contribution < 1.29 is 14.6 Å². The third-order valence-corrected chi connectivity index (χ3v) is 4.08. The van der Waals surface area contributed by atoms with Crippen molar-refractivity contribution in [2.75, 3.05) is 26.3 Å². The van der Waals surface area contributed by atoms with Crippen LogP contribution in [-0.4, -0.2) is 42.3 Å². The highest BCUT2D eigenvalue weighted by atomic mass is 16.5. The highest BCUT2D eigenvalue weighted by Crippen LogP contribution is 2.23. The van der Waals surface area contributed by atoms with E-state index in [1.54, 1.807) is 6.07 Å². The fraction of sp³-hybridized carbons (Fsp3) is 0.533. The van der Waals surface area contributed by atoms with Crippen LogP contribution in [0, 0.1) is 5.92 Å². The van der Waals surface area contributed by atoms with Gasteiger partial charge in [-0.3, -0.25) is 4.90 Å². The van der Waals surface area contributed by atoms with E-state index in [4.69, 9.17) is 9.84 Å². The Labute approximate surface area is 113 Å². The molecule has 19 heavy (non-hydrogen) atoms. The Kier molecular flexibility index (Phi) is 3.53. The second-order valence-corrected chi connectivity index (χ2v) is 5.50. The minimum Gasteiger partial charge on any atom is -0.478 e. The number of hydrogen-bond donors (Lipinski definition) is 1. The molecule has 4 nitrogen and oxygen atoms in total. The van der Waals surface area contributed by atoms with E-state index in [2.05, 4.69) is 4.90 Å². The lowest BCUT2D eigenvalue weighted by Crippen LogP contribution is -2.34. The average molecular weight is 261 g/mol.